The van der Waals surface area contributed by atoms with E-state index in [2.05, 4.69) is 15.5 Å². The van der Waals surface area contributed by atoms with Crippen molar-refractivity contribution in [1.29, 1.82) is 0 Å². The van der Waals surface area contributed by atoms with Gasteiger partial charge in [0.15, 0.2) is 0 Å². The van der Waals surface area contributed by atoms with Gasteiger partial charge >= 0.3 is 0 Å². The minimum absolute atomic E-state index is 0.251. The predicted octanol–water partition coefficient (Wildman–Crippen LogP) is 4.90. The average molecular weight is 449 g/mol. The Hall–Kier alpha value is -3.65. The van der Waals surface area contributed by atoms with Crippen molar-refractivity contribution in [2.45, 2.75) is 40.3 Å². The molecule has 4 aromatic rings. The number of aryl methyl sites for hydroxylation is 3. The van der Waals surface area contributed by atoms with Crippen LogP contribution in [0.5, 0.6) is 5.75 Å². The smallest absolute Gasteiger partial charge is 0.258 e. The van der Waals surface area contributed by atoms with Crippen LogP contribution < -0.4 is 10.1 Å². The van der Waals surface area contributed by atoms with Gasteiger partial charge in [0, 0.05) is 25.3 Å². The minimum Gasteiger partial charge on any atom is -0.489 e. The minimum atomic E-state index is -0.251. The molecule has 0 spiro atoms. The summed E-state index contributed by atoms with van der Waals surface area (Å²) >= 11 is 0. The molecule has 0 radical (unpaired) electrons. The van der Waals surface area contributed by atoms with Crippen LogP contribution in [0.15, 0.2) is 53.1 Å². The van der Waals surface area contributed by atoms with Gasteiger partial charge in [-0.3, -0.25) is 10.1 Å². The molecule has 8 nitrogen and oxygen atoms in total. The molecule has 172 valence electrons. The molecule has 0 aliphatic heterocycles. The summed E-state index contributed by atoms with van der Waals surface area (Å²) in [6.45, 7) is 8.05. The number of nitrogens with one attached hydrogen (secondary N) is 1. The number of rotatable bonds is 10. The normalized spacial score (nSPS) is 11.1. The Bertz CT molecular complexity index is 1220. The number of aromatic nitrogens is 3. The van der Waals surface area contributed by atoms with Gasteiger partial charge in [-0.05, 0) is 57.5 Å². The van der Waals surface area contributed by atoms with Gasteiger partial charge in [0.2, 0.25) is 5.95 Å². The van der Waals surface area contributed by atoms with Gasteiger partial charge < -0.3 is 18.6 Å². The molecule has 2 aromatic heterocycles. The fraction of sp³-hybridized carbons (Fsp3) is 0.320. The molecule has 0 bridgehead atoms. The zero-order valence-corrected chi connectivity index (χ0v) is 19.1. The second-order valence-electron chi connectivity index (χ2n) is 7.70. The van der Waals surface area contributed by atoms with E-state index in [-0.39, 0.29) is 5.91 Å². The molecule has 2 aromatic carbocycles. The number of ether oxygens (including phenoxy) is 2. The number of carbonyl (C=O) groups is 1. The Morgan fingerprint density at radius 2 is 2.00 bits per heavy atom. The monoisotopic (exact) mass is 448 g/mol. The highest BCUT2D eigenvalue weighted by Crippen LogP contribution is 2.22. The zero-order chi connectivity index (χ0) is 23.2. The number of benzene rings is 2. The Morgan fingerprint density at radius 1 is 1.15 bits per heavy atom. The predicted molar refractivity (Wildman–Crippen MR) is 126 cm³/mol. The summed E-state index contributed by atoms with van der Waals surface area (Å²) in [6, 6.07) is 14.9. The number of nitrogens with zero attached hydrogens (tertiary/aromatic N) is 3. The molecule has 8 heteroatoms. The molecule has 0 saturated heterocycles. The molecule has 0 fully saturated rings. The van der Waals surface area contributed by atoms with Crippen LogP contribution in [0.25, 0.3) is 11.0 Å². The van der Waals surface area contributed by atoms with Gasteiger partial charge in [-0.2, -0.15) is 0 Å². The lowest BCUT2D eigenvalue weighted by molar-refractivity contribution is 0.102. The van der Waals surface area contributed by atoms with Crippen LogP contribution in [-0.2, 0) is 17.9 Å². The number of anilines is 1. The van der Waals surface area contributed by atoms with Gasteiger partial charge in [-0.15, -0.1) is 0 Å². The Balaban J connectivity index is 1.49. The van der Waals surface area contributed by atoms with Crippen molar-refractivity contribution in [2.75, 3.05) is 18.5 Å². The fourth-order valence-electron chi connectivity index (χ4n) is 3.63. The summed E-state index contributed by atoms with van der Waals surface area (Å²) < 4.78 is 18.5. The number of fused-ring (bicyclic) bond motifs is 1. The lowest BCUT2D eigenvalue weighted by atomic mass is 10.2. The van der Waals surface area contributed by atoms with Crippen molar-refractivity contribution in [3.63, 3.8) is 0 Å². The molecule has 0 saturated carbocycles. The molecule has 0 atom stereocenters. The molecule has 2 heterocycles. The number of carbonyl (C=O) groups excluding carboxylic acids is 1. The molecule has 0 aliphatic carbocycles. The van der Waals surface area contributed by atoms with E-state index in [1.54, 1.807) is 18.2 Å². The van der Waals surface area contributed by atoms with E-state index < -0.39 is 0 Å². The first-order valence-corrected chi connectivity index (χ1v) is 11.1. The van der Waals surface area contributed by atoms with E-state index >= 15 is 0 Å². The van der Waals surface area contributed by atoms with Gasteiger partial charge in [0.25, 0.3) is 5.91 Å². The first-order valence-electron chi connectivity index (χ1n) is 11.1. The summed E-state index contributed by atoms with van der Waals surface area (Å²) in [5, 5.41) is 6.91. The average Bonchev–Trinajstić information content (AvgIpc) is 3.34. The summed E-state index contributed by atoms with van der Waals surface area (Å²) in [5.74, 6) is 1.58. The van der Waals surface area contributed by atoms with Crippen LogP contribution in [0.2, 0.25) is 0 Å². The third kappa shape index (κ3) is 5.23. The third-order valence-electron chi connectivity index (χ3n) is 5.42. The summed E-state index contributed by atoms with van der Waals surface area (Å²) in [4.78, 5) is 17.7. The van der Waals surface area contributed by atoms with Crippen LogP contribution in [0.4, 0.5) is 5.95 Å². The van der Waals surface area contributed by atoms with Crippen LogP contribution in [-0.4, -0.2) is 33.8 Å². The number of amides is 1. The molecule has 4 rings (SSSR count). The van der Waals surface area contributed by atoms with Crippen LogP contribution in [0.1, 0.15) is 40.7 Å². The van der Waals surface area contributed by atoms with E-state index in [4.69, 9.17) is 14.0 Å². The number of imidazole rings is 1. The fourth-order valence-corrected chi connectivity index (χ4v) is 3.63. The molecule has 0 unspecified atom stereocenters. The zero-order valence-electron chi connectivity index (χ0n) is 19.1. The van der Waals surface area contributed by atoms with E-state index in [0.717, 1.165) is 34.5 Å². The first-order chi connectivity index (χ1) is 16.1. The highest BCUT2D eigenvalue weighted by atomic mass is 16.5. The lowest BCUT2D eigenvalue weighted by Gasteiger charge is -2.11. The van der Waals surface area contributed by atoms with E-state index in [1.165, 1.54) is 0 Å². The number of hydrogen-bond acceptors (Lipinski definition) is 6. The van der Waals surface area contributed by atoms with Gasteiger partial charge in [-0.25, -0.2) is 4.98 Å². The maximum absolute atomic E-state index is 13.0. The van der Waals surface area contributed by atoms with Crippen molar-refractivity contribution in [3.8, 4) is 5.75 Å². The topological polar surface area (TPSA) is 91.4 Å². The molecular weight excluding hydrogens is 420 g/mol. The summed E-state index contributed by atoms with van der Waals surface area (Å²) in [5.41, 5.74) is 4.00. The SMILES string of the molecule is CCOCCCn1c(NC(=O)c2cccc(OCc3c(C)noc3C)c2)nc2ccccc21. The number of hydrogen-bond donors (Lipinski definition) is 1. The van der Waals surface area contributed by atoms with Crippen molar-refractivity contribution in [1.82, 2.24) is 14.7 Å². The molecular formula is C25H28N4O4. The van der Waals surface area contributed by atoms with Gasteiger partial charge in [-0.1, -0.05) is 23.4 Å². The highest BCUT2D eigenvalue weighted by molar-refractivity contribution is 6.04. The van der Waals surface area contributed by atoms with Gasteiger partial charge in [0.1, 0.15) is 18.1 Å². The maximum atomic E-state index is 13.0. The lowest BCUT2D eigenvalue weighted by Crippen LogP contribution is -2.16. The van der Waals surface area contributed by atoms with Crippen molar-refractivity contribution in [2.24, 2.45) is 0 Å². The second-order valence-corrected chi connectivity index (χ2v) is 7.70. The van der Waals surface area contributed by atoms with Crippen molar-refractivity contribution in [3.05, 3.63) is 71.1 Å². The standard InChI is InChI=1S/C25H28N4O4/c1-4-31-14-8-13-29-23-12-6-5-11-22(23)26-25(29)27-24(30)19-9-7-10-20(15-19)32-16-21-17(2)28-33-18(21)3/h5-7,9-12,15H,4,8,13-14,16H2,1-3H3,(H,26,27,30). The van der Waals surface area contributed by atoms with Gasteiger partial charge in [0.05, 0.1) is 22.3 Å². The quantitative estimate of drug-likeness (QED) is 0.347. The van der Waals surface area contributed by atoms with Crippen LogP contribution in [0, 0.1) is 13.8 Å². The number of para-hydroxylation sites is 2. The second kappa shape index (κ2) is 10.3. The maximum Gasteiger partial charge on any atom is 0.258 e. The van der Waals surface area contributed by atoms with Crippen molar-refractivity contribution >= 4 is 22.9 Å². The molecule has 0 aliphatic rings. The summed E-state index contributed by atoms with van der Waals surface area (Å²) in [6.07, 6.45) is 0.822. The molecule has 1 N–H and O–H groups in total. The Labute approximate surface area is 192 Å². The van der Waals surface area contributed by atoms with Crippen LogP contribution in [0.3, 0.4) is 0 Å². The first kappa shape index (κ1) is 22.5. The van der Waals surface area contributed by atoms with Crippen LogP contribution >= 0.6 is 0 Å². The Morgan fingerprint density at radius 3 is 2.79 bits per heavy atom. The Kier molecular flexibility index (Phi) is 7.04. The summed E-state index contributed by atoms with van der Waals surface area (Å²) in [7, 11) is 0. The van der Waals surface area contributed by atoms with E-state index in [1.807, 2.05) is 55.7 Å². The highest BCUT2D eigenvalue weighted by Gasteiger charge is 2.15. The van der Waals surface area contributed by atoms with Crippen molar-refractivity contribution < 1.29 is 18.8 Å². The molecule has 1 amide bonds. The third-order valence-corrected chi connectivity index (χ3v) is 5.42. The van der Waals surface area contributed by atoms with E-state index in [0.29, 0.717) is 43.6 Å². The van der Waals surface area contributed by atoms with E-state index in [9.17, 15) is 4.79 Å². The molecule has 33 heavy (non-hydrogen) atoms. The largest absolute Gasteiger partial charge is 0.489 e.